The summed E-state index contributed by atoms with van der Waals surface area (Å²) in [7, 11) is 0. The average Bonchev–Trinajstić information content (AvgIpc) is 3.19. The first-order chi connectivity index (χ1) is 12.3. The Labute approximate surface area is 149 Å². The Morgan fingerprint density at radius 1 is 1.00 bits per heavy atom. The molecule has 1 saturated heterocycles. The molecule has 1 aliphatic heterocycles. The summed E-state index contributed by atoms with van der Waals surface area (Å²) in [6, 6.07) is 6.21. The van der Waals surface area contributed by atoms with Crippen molar-refractivity contribution < 1.29 is 0 Å². The van der Waals surface area contributed by atoms with E-state index in [0.717, 1.165) is 43.9 Å². The molecular weight excluding hydrogens is 310 g/mol. The van der Waals surface area contributed by atoms with Crippen molar-refractivity contribution in [2.24, 2.45) is 0 Å². The van der Waals surface area contributed by atoms with Crippen LogP contribution in [0.2, 0.25) is 0 Å². The van der Waals surface area contributed by atoms with E-state index in [-0.39, 0.29) is 0 Å². The summed E-state index contributed by atoms with van der Waals surface area (Å²) in [5, 5.41) is 0. The average molecular weight is 337 g/mol. The van der Waals surface area contributed by atoms with Crippen molar-refractivity contribution in [3.63, 3.8) is 0 Å². The highest BCUT2D eigenvalue weighted by Crippen LogP contribution is 2.33. The Bertz CT molecular complexity index is 688. The molecule has 0 spiro atoms. The smallest absolute Gasteiger partial charge is 0.133 e. The van der Waals surface area contributed by atoms with Gasteiger partial charge in [0.1, 0.15) is 11.6 Å². The number of anilines is 1. The predicted octanol–water partition coefficient (Wildman–Crippen LogP) is 3.49. The van der Waals surface area contributed by atoms with E-state index in [0.29, 0.717) is 17.7 Å². The number of rotatable bonds is 4. The van der Waals surface area contributed by atoms with Gasteiger partial charge in [0, 0.05) is 42.0 Å². The molecule has 5 heteroatoms. The first-order valence-corrected chi connectivity index (χ1v) is 9.54. The number of likely N-dealkylation sites (tertiary alicyclic amines) is 1. The van der Waals surface area contributed by atoms with Crippen LogP contribution in [0, 0.1) is 0 Å². The minimum Gasteiger partial charge on any atom is -0.383 e. The quantitative estimate of drug-likeness (QED) is 0.925. The minimum absolute atomic E-state index is 0.519. The molecule has 1 saturated carbocycles. The van der Waals surface area contributed by atoms with Gasteiger partial charge in [-0.15, -0.1) is 0 Å². The van der Waals surface area contributed by atoms with Crippen molar-refractivity contribution >= 4 is 5.82 Å². The van der Waals surface area contributed by atoms with Crippen LogP contribution in [0.4, 0.5) is 5.82 Å². The Hall–Kier alpha value is -2.01. The van der Waals surface area contributed by atoms with Crippen molar-refractivity contribution in [3.05, 3.63) is 47.7 Å². The monoisotopic (exact) mass is 337 g/mol. The molecule has 0 radical (unpaired) electrons. The van der Waals surface area contributed by atoms with E-state index in [2.05, 4.69) is 32.0 Å². The molecule has 2 aromatic rings. The third-order valence-corrected chi connectivity index (χ3v) is 5.72. The molecule has 2 N–H and O–H groups in total. The number of piperidine rings is 1. The Morgan fingerprint density at radius 2 is 1.80 bits per heavy atom. The van der Waals surface area contributed by atoms with E-state index in [1.165, 1.54) is 31.4 Å². The van der Waals surface area contributed by atoms with E-state index in [4.69, 9.17) is 5.73 Å². The predicted molar refractivity (Wildman–Crippen MR) is 99.1 cm³/mol. The lowest BCUT2D eigenvalue weighted by Gasteiger charge is -2.31. The van der Waals surface area contributed by atoms with Crippen molar-refractivity contribution in [1.29, 1.82) is 0 Å². The highest BCUT2D eigenvalue weighted by molar-refractivity contribution is 5.38. The molecule has 4 rings (SSSR count). The first-order valence-electron chi connectivity index (χ1n) is 9.54. The van der Waals surface area contributed by atoms with Crippen molar-refractivity contribution in [1.82, 2.24) is 19.9 Å². The maximum absolute atomic E-state index is 6.24. The fourth-order valence-corrected chi connectivity index (χ4v) is 4.18. The number of nitrogens with zero attached hydrogens (tertiary/aromatic N) is 4. The van der Waals surface area contributed by atoms with Crippen molar-refractivity contribution in [2.45, 2.75) is 56.9 Å². The molecule has 1 aliphatic carbocycles. The summed E-state index contributed by atoms with van der Waals surface area (Å²) >= 11 is 0. The van der Waals surface area contributed by atoms with Gasteiger partial charge in [0.25, 0.3) is 0 Å². The topological polar surface area (TPSA) is 67.9 Å². The summed E-state index contributed by atoms with van der Waals surface area (Å²) in [4.78, 5) is 16.2. The molecule has 2 aliphatic rings. The van der Waals surface area contributed by atoms with Gasteiger partial charge >= 0.3 is 0 Å². The van der Waals surface area contributed by atoms with E-state index < -0.39 is 0 Å². The number of nitrogens with two attached hydrogens (primary N) is 1. The molecule has 2 aromatic heterocycles. The fraction of sp³-hybridized carbons (Fsp3) is 0.550. The van der Waals surface area contributed by atoms with Crippen molar-refractivity contribution in [2.75, 3.05) is 18.8 Å². The molecule has 0 aromatic carbocycles. The van der Waals surface area contributed by atoms with Crippen LogP contribution in [-0.4, -0.2) is 32.9 Å². The molecule has 2 fully saturated rings. The molecule has 3 heterocycles. The number of aromatic nitrogens is 3. The molecule has 132 valence electrons. The largest absolute Gasteiger partial charge is 0.383 e. The molecule has 0 unspecified atom stereocenters. The van der Waals surface area contributed by atoms with Gasteiger partial charge in [-0.1, -0.05) is 18.9 Å². The van der Waals surface area contributed by atoms with E-state index in [1.54, 1.807) is 0 Å². The summed E-state index contributed by atoms with van der Waals surface area (Å²) in [5.74, 6) is 2.72. The highest BCUT2D eigenvalue weighted by atomic mass is 15.1. The minimum atomic E-state index is 0.519. The second-order valence-corrected chi connectivity index (χ2v) is 7.43. The highest BCUT2D eigenvalue weighted by Gasteiger charge is 2.23. The lowest BCUT2D eigenvalue weighted by molar-refractivity contribution is 0.203. The van der Waals surface area contributed by atoms with Crippen LogP contribution >= 0.6 is 0 Å². The summed E-state index contributed by atoms with van der Waals surface area (Å²) in [6.45, 7) is 3.00. The SMILES string of the molecule is Nc1nc(C2CCCC2)ncc1CN1CCC(c2ccccn2)CC1. The fourth-order valence-electron chi connectivity index (χ4n) is 4.18. The summed E-state index contributed by atoms with van der Waals surface area (Å²) in [6.07, 6.45) is 11.2. The standard InChI is InChI=1S/C20H27N5/c21-19-17(13-23-20(24-19)16-5-1-2-6-16)14-25-11-8-15(9-12-25)18-7-3-4-10-22-18/h3-4,7,10,13,15-16H,1-2,5-6,8-9,11-12,14H2,(H2,21,23,24). The van der Waals surface area contributed by atoms with Crippen LogP contribution in [0.3, 0.4) is 0 Å². The van der Waals surface area contributed by atoms with E-state index >= 15 is 0 Å². The number of pyridine rings is 1. The number of hydrogen-bond acceptors (Lipinski definition) is 5. The van der Waals surface area contributed by atoms with Crippen molar-refractivity contribution in [3.8, 4) is 0 Å². The van der Waals surface area contributed by atoms with E-state index in [1.807, 2.05) is 18.5 Å². The maximum Gasteiger partial charge on any atom is 0.133 e. The summed E-state index contributed by atoms with van der Waals surface area (Å²) < 4.78 is 0. The van der Waals surface area contributed by atoms with Gasteiger partial charge in [-0.25, -0.2) is 9.97 Å². The van der Waals surface area contributed by atoms with Crippen LogP contribution in [-0.2, 0) is 6.54 Å². The van der Waals surface area contributed by atoms with Crippen LogP contribution in [0.5, 0.6) is 0 Å². The number of nitrogen functional groups attached to an aromatic ring is 1. The normalized spacial score (nSPS) is 20.2. The third kappa shape index (κ3) is 3.82. The lowest BCUT2D eigenvalue weighted by Crippen LogP contribution is -2.33. The van der Waals surface area contributed by atoms with Gasteiger partial charge in [-0.05, 0) is 50.9 Å². The van der Waals surface area contributed by atoms with Crippen LogP contribution in [0.1, 0.15) is 67.4 Å². The van der Waals surface area contributed by atoms with Gasteiger partial charge in [0.15, 0.2) is 0 Å². The Balaban J connectivity index is 1.35. The molecule has 0 atom stereocenters. The second kappa shape index (κ2) is 7.48. The maximum atomic E-state index is 6.24. The van der Waals surface area contributed by atoms with Crippen LogP contribution < -0.4 is 5.73 Å². The first kappa shape index (κ1) is 16.5. The second-order valence-electron chi connectivity index (χ2n) is 7.43. The van der Waals surface area contributed by atoms with Crippen LogP contribution in [0.25, 0.3) is 0 Å². The molecule has 0 amide bonds. The molecular formula is C20H27N5. The Kier molecular flexibility index (Phi) is 4.92. The van der Waals surface area contributed by atoms with Gasteiger partial charge in [0.2, 0.25) is 0 Å². The van der Waals surface area contributed by atoms with Gasteiger partial charge < -0.3 is 5.73 Å². The molecule has 0 bridgehead atoms. The zero-order chi connectivity index (χ0) is 17.1. The van der Waals surface area contributed by atoms with Gasteiger partial charge in [-0.3, -0.25) is 9.88 Å². The molecule has 25 heavy (non-hydrogen) atoms. The van der Waals surface area contributed by atoms with Crippen LogP contribution in [0.15, 0.2) is 30.6 Å². The van der Waals surface area contributed by atoms with Gasteiger partial charge in [0.05, 0.1) is 0 Å². The Morgan fingerprint density at radius 3 is 2.48 bits per heavy atom. The number of hydrogen-bond donors (Lipinski definition) is 1. The molecule has 5 nitrogen and oxygen atoms in total. The van der Waals surface area contributed by atoms with Gasteiger partial charge in [-0.2, -0.15) is 0 Å². The lowest BCUT2D eigenvalue weighted by atomic mass is 9.93. The third-order valence-electron chi connectivity index (χ3n) is 5.72. The summed E-state index contributed by atoms with van der Waals surface area (Å²) in [5.41, 5.74) is 8.53. The van der Waals surface area contributed by atoms with E-state index in [9.17, 15) is 0 Å². The zero-order valence-electron chi connectivity index (χ0n) is 14.8. The zero-order valence-corrected chi connectivity index (χ0v) is 14.8.